The zero-order valence-electron chi connectivity index (χ0n) is 8.90. The average Bonchev–Trinajstić information content (AvgIpc) is 2.35. The first kappa shape index (κ1) is 9.77. The van der Waals surface area contributed by atoms with Crippen LogP contribution in [0.4, 0.5) is 11.4 Å². The Morgan fingerprint density at radius 3 is 2.73 bits per heavy atom. The lowest BCUT2D eigenvalue weighted by atomic mass is 10.2. The number of hydrogen-bond acceptors (Lipinski definition) is 2. The van der Waals surface area contributed by atoms with E-state index in [1.807, 2.05) is 38.1 Å². The highest BCUT2D eigenvalue weighted by molar-refractivity contribution is 6.05. The summed E-state index contributed by atoms with van der Waals surface area (Å²) in [4.78, 5) is 13.6. The third-order valence-corrected chi connectivity index (χ3v) is 2.38. The lowest BCUT2D eigenvalue weighted by Crippen LogP contribution is -2.35. The number of nitrogens with one attached hydrogen (secondary N) is 1. The fourth-order valence-corrected chi connectivity index (χ4v) is 1.74. The second-order valence-corrected chi connectivity index (χ2v) is 3.80. The van der Waals surface area contributed by atoms with Crippen molar-refractivity contribution in [3.05, 3.63) is 36.5 Å². The lowest BCUT2D eigenvalue weighted by molar-refractivity contribution is -0.114. The third kappa shape index (κ3) is 1.73. The summed E-state index contributed by atoms with van der Waals surface area (Å²) in [5.74, 6) is 0.0162. The van der Waals surface area contributed by atoms with Crippen molar-refractivity contribution < 1.29 is 4.79 Å². The monoisotopic (exact) mass is 202 g/mol. The Morgan fingerprint density at radius 1 is 1.27 bits per heavy atom. The first-order chi connectivity index (χ1) is 7.20. The van der Waals surface area contributed by atoms with Crippen LogP contribution in [-0.2, 0) is 4.79 Å². The number of anilines is 2. The number of nitrogens with zero attached hydrogens (tertiary/aromatic N) is 1. The number of rotatable bonds is 1. The fraction of sp³-hybridized carbons (Fsp3) is 0.250. The van der Waals surface area contributed by atoms with Gasteiger partial charge in [0.05, 0.1) is 11.4 Å². The van der Waals surface area contributed by atoms with E-state index in [1.54, 1.807) is 17.2 Å². The Labute approximate surface area is 89.4 Å². The summed E-state index contributed by atoms with van der Waals surface area (Å²) in [6.07, 6.45) is 3.24. The summed E-state index contributed by atoms with van der Waals surface area (Å²) in [6.45, 7) is 4.02. The van der Waals surface area contributed by atoms with E-state index in [0.717, 1.165) is 11.4 Å². The minimum atomic E-state index is 0.0162. The van der Waals surface area contributed by atoms with Gasteiger partial charge in [0, 0.05) is 18.3 Å². The van der Waals surface area contributed by atoms with Crippen LogP contribution in [0.25, 0.3) is 0 Å². The molecule has 1 amide bonds. The summed E-state index contributed by atoms with van der Waals surface area (Å²) in [5, 5.41) is 3.10. The molecule has 0 bridgehead atoms. The van der Waals surface area contributed by atoms with Gasteiger partial charge in [-0.1, -0.05) is 12.1 Å². The molecule has 0 radical (unpaired) electrons. The zero-order chi connectivity index (χ0) is 10.8. The van der Waals surface area contributed by atoms with Crippen molar-refractivity contribution in [2.45, 2.75) is 19.9 Å². The molecule has 1 aromatic rings. The van der Waals surface area contributed by atoms with Gasteiger partial charge >= 0.3 is 0 Å². The highest BCUT2D eigenvalue weighted by Gasteiger charge is 2.20. The first-order valence-corrected chi connectivity index (χ1v) is 5.05. The predicted molar refractivity (Wildman–Crippen MR) is 61.8 cm³/mol. The molecule has 0 aromatic heterocycles. The smallest absolute Gasteiger partial charge is 0.252 e. The van der Waals surface area contributed by atoms with Crippen molar-refractivity contribution >= 4 is 17.3 Å². The Bertz CT molecular complexity index is 410. The number of hydrogen-bond donors (Lipinski definition) is 1. The third-order valence-electron chi connectivity index (χ3n) is 2.38. The molecule has 0 saturated heterocycles. The van der Waals surface area contributed by atoms with Crippen LogP contribution in [-0.4, -0.2) is 11.9 Å². The molecule has 0 unspecified atom stereocenters. The Balaban J connectivity index is 2.52. The van der Waals surface area contributed by atoms with E-state index in [9.17, 15) is 4.79 Å². The van der Waals surface area contributed by atoms with Gasteiger partial charge in [0.1, 0.15) is 0 Å². The van der Waals surface area contributed by atoms with Gasteiger partial charge in [0.2, 0.25) is 0 Å². The highest BCUT2D eigenvalue weighted by atomic mass is 16.2. The fourth-order valence-electron chi connectivity index (χ4n) is 1.74. The number of amides is 1. The zero-order valence-corrected chi connectivity index (χ0v) is 8.90. The minimum absolute atomic E-state index is 0.0162. The molecule has 0 saturated carbocycles. The number of fused-ring (bicyclic) bond motifs is 1. The van der Waals surface area contributed by atoms with E-state index < -0.39 is 0 Å². The van der Waals surface area contributed by atoms with Crippen LogP contribution >= 0.6 is 0 Å². The molecule has 1 heterocycles. The number of carbonyl (C=O) groups excluding carboxylic acids is 1. The first-order valence-electron chi connectivity index (χ1n) is 5.05. The molecule has 3 nitrogen and oxygen atoms in total. The predicted octanol–water partition coefficient (Wildman–Crippen LogP) is 2.37. The van der Waals surface area contributed by atoms with Crippen molar-refractivity contribution in [3.63, 3.8) is 0 Å². The van der Waals surface area contributed by atoms with Crippen LogP contribution in [0.3, 0.4) is 0 Å². The summed E-state index contributed by atoms with van der Waals surface area (Å²) < 4.78 is 0. The van der Waals surface area contributed by atoms with Gasteiger partial charge < -0.3 is 10.2 Å². The van der Waals surface area contributed by atoms with E-state index in [4.69, 9.17) is 0 Å². The quantitative estimate of drug-likeness (QED) is 0.758. The summed E-state index contributed by atoms with van der Waals surface area (Å²) in [5.41, 5.74) is 1.90. The molecule has 1 aromatic carbocycles. The minimum Gasteiger partial charge on any atom is -0.360 e. The van der Waals surface area contributed by atoms with Crippen LogP contribution in [0, 0.1) is 0 Å². The molecule has 0 spiro atoms. The molecule has 1 aliphatic rings. The Hall–Kier alpha value is -1.77. The van der Waals surface area contributed by atoms with E-state index in [0.29, 0.717) is 0 Å². The number of carbonyl (C=O) groups is 1. The molecule has 0 aliphatic carbocycles. The van der Waals surface area contributed by atoms with Gasteiger partial charge in [0.15, 0.2) is 0 Å². The van der Waals surface area contributed by atoms with Gasteiger partial charge in [-0.3, -0.25) is 4.79 Å². The van der Waals surface area contributed by atoms with Gasteiger partial charge in [-0.2, -0.15) is 0 Å². The number of benzene rings is 1. The summed E-state index contributed by atoms with van der Waals surface area (Å²) in [6, 6.07) is 7.96. The van der Waals surface area contributed by atoms with Crippen LogP contribution in [0.2, 0.25) is 0 Å². The Morgan fingerprint density at radius 2 is 2.00 bits per heavy atom. The van der Waals surface area contributed by atoms with Gasteiger partial charge in [-0.05, 0) is 26.0 Å². The largest absolute Gasteiger partial charge is 0.360 e. The summed E-state index contributed by atoms with van der Waals surface area (Å²) in [7, 11) is 0. The second kappa shape index (κ2) is 3.77. The van der Waals surface area contributed by atoms with Crippen molar-refractivity contribution in [1.82, 2.24) is 0 Å². The Kier molecular flexibility index (Phi) is 2.46. The molecule has 3 heteroatoms. The maximum absolute atomic E-state index is 11.8. The van der Waals surface area contributed by atoms with Crippen molar-refractivity contribution in [1.29, 1.82) is 0 Å². The van der Waals surface area contributed by atoms with Crippen LogP contribution < -0.4 is 10.2 Å². The maximum atomic E-state index is 11.8. The van der Waals surface area contributed by atoms with Crippen LogP contribution in [0.5, 0.6) is 0 Å². The normalized spacial score (nSPS) is 14.9. The van der Waals surface area contributed by atoms with Gasteiger partial charge in [-0.25, -0.2) is 0 Å². The molecule has 0 atom stereocenters. The van der Waals surface area contributed by atoms with Gasteiger partial charge in [-0.15, -0.1) is 0 Å². The molecule has 0 fully saturated rings. The van der Waals surface area contributed by atoms with Crippen LogP contribution in [0.1, 0.15) is 13.8 Å². The molecular weight excluding hydrogens is 188 g/mol. The SMILES string of the molecule is CC(C)N1C(=O)C=CNc2ccccc21. The van der Waals surface area contributed by atoms with E-state index in [1.165, 1.54) is 0 Å². The van der Waals surface area contributed by atoms with Crippen molar-refractivity contribution in [2.24, 2.45) is 0 Å². The maximum Gasteiger partial charge on any atom is 0.252 e. The topological polar surface area (TPSA) is 32.3 Å². The molecular formula is C12H14N2O. The lowest BCUT2D eigenvalue weighted by Gasteiger charge is -2.26. The second-order valence-electron chi connectivity index (χ2n) is 3.80. The highest BCUT2D eigenvalue weighted by Crippen LogP contribution is 2.29. The van der Waals surface area contributed by atoms with Crippen LogP contribution in [0.15, 0.2) is 36.5 Å². The molecule has 15 heavy (non-hydrogen) atoms. The standard InChI is InChI=1S/C12H14N2O/c1-9(2)14-11-6-4-3-5-10(11)13-8-7-12(14)15/h3-9,13H,1-2H3. The number of para-hydroxylation sites is 2. The molecule has 2 rings (SSSR count). The average molecular weight is 202 g/mol. The van der Waals surface area contributed by atoms with E-state index in [-0.39, 0.29) is 11.9 Å². The summed E-state index contributed by atoms with van der Waals surface area (Å²) >= 11 is 0. The van der Waals surface area contributed by atoms with Crippen molar-refractivity contribution in [3.8, 4) is 0 Å². The molecule has 1 N–H and O–H groups in total. The molecule has 1 aliphatic heterocycles. The molecule has 78 valence electrons. The van der Waals surface area contributed by atoms with E-state index in [2.05, 4.69) is 5.32 Å². The van der Waals surface area contributed by atoms with E-state index >= 15 is 0 Å². The van der Waals surface area contributed by atoms with Crippen molar-refractivity contribution in [2.75, 3.05) is 10.2 Å². The van der Waals surface area contributed by atoms with Gasteiger partial charge in [0.25, 0.3) is 5.91 Å².